The van der Waals surface area contributed by atoms with Crippen molar-refractivity contribution >= 4 is 23.0 Å². The van der Waals surface area contributed by atoms with Crippen LogP contribution < -0.4 is 21.5 Å². The number of nitrogens with zero attached hydrogens (tertiary/aromatic N) is 1. The summed E-state index contributed by atoms with van der Waals surface area (Å²) in [6, 6.07) is 13.9. The van der Waals surface area contributed by atoms with Gasteiger partial charge in [0.2, 0.25) is 0 Å². The maximum absolute atomic E-state index is 12.4. The van der Waals surface area contributed by atoms with Crippen molar-refractivity contribution in [1.29, 1.82) is 0 Å². The minimum absolute atomic E-state index is 0.0465. The molecule has 148 valence electrons. The van der Waals surface area contributed by atoms with Gasteiger partial charge in [-0.2, -0.15) is 0 Å². The van der Waals surface area contributed by atoms with E-state index in [9.17, 15) is 24.6 Å². The van der Waals surface area contributed by atoms with Crippen molar-refractivity contribution in [2.45, 2.75) is 12.6 Å². The number of aromatic hydroxyl groups is 1. The van der Waals surface area contributed by atoms with Gasteiger partial charge >= 0.3 is 0 Å². The number of carbonyl (C=O) groups excluding carboxylic acids is 1. The second kappa shape index (κ2) is 7.40. The first-order valence-electron chi connectivity index (χ1n) is 9.13. The van der Waals surface area contributed by atoms with Crippen LogP contribution in [0.4, 0.5) is 17.1 Å². The molecular weight excluding hydrogens is 374 g/mol. The van der Waals surface area contributed by atoms with Crippen molar-refractivity contribution in [3.63, 3.8) is 0 Å². The lowest BCUT2D eigenvalue weighted by Crippen LogP contribution is -2.53. The van der Waals surface area contributed by atoms with Gasteiger partial charge in [-0.05, 0) is 17.7 Å². The first-order valence-corrected chi connectivity index (χ1v) is 9.13. The molecule has 0 bridgehead atoms. The smallest absolute Gasteiger partial charge is 0.257 e. The Kier molecular flexibility index (Phi) is 4.77. The molecule has 1 amide bonds. The summed E-state index contributed by atoms with van der Waals surface area (Å²) < 4.78 is 0. The van der Waals surface area contributed by atoms with Gasteiger partial charge in [-0.15, -0.1) is 0 Å². The van der Waals surface area contributed by atoms with Gasteiger partial charge in [0.05, 0.1) is 17.4 Å². The zero-order chi connectivity index (χ0) is 20.5. The summed E-state index contributed by atoms with van der Waals surface area (Å²) in [5, 5.41) is 25.6. The minimum atomic E-state index is -0.692. The van der Waals surface area contributed by atoms with E-state index in [1.165, 1.54) is 17.0 Å². The third kappa shape index (κ3) is 3.45. The summed E-state index contributed by atoms with van der Waals surface area (Å²) in [4.78, 5) is 37.8. The Bertz CT molecular complexity index is 1130. The fourth-order valence-corrected chi connectivity index (χ4v) is 3.21. The number of hydrogen-bond acceptors (Lipinski definition) is 7. The van der Waals surface area contributed by atoms with Crippen molar-refractivity contribution in [3.8, 4) is 5.75 Å². The zero-order valence-electron chi connectivity index (χ0n) is 15.4. The van der Waals surface area contributed by atoms with Crippen molar-refractivity contribution in [1.82, 2.24) is 4.90 Å². The van der Waals surface area contributed by atoms with Crippen LogP contribution in [-0.4, -0.2) is 40.2 Å². The Hall–Kier alpha value is -3.65. The molecule has 29 heavy (non-hydrogen) atoms. The highest BCUT2D eigenvalue weighted by atomic mass is 16.3. The van der Waals surface area contributed by atoms with Crippen LogP contribution in [0.3, 0.4) is 0 Å². The summed E-state index contributed by atoms with van der Waals surface area (Å²) in [6.45, 7) is 0.783. The van der Waals surface area contributed by atoms with Crippen LogP contribution in [0.15, 0.2) is 58.1 Å². The topological polar surface area (TPSA) is 119 Å². The molecule has 4 rings (SSSR count). The molecule has 1 aliphatic heterocycles. The summed E-state index contributed by atoms with van der Waals surface area (Å²) in [5.41, 5.74) is 0.00294. The number of anilines is 3. The second-order valence-corrected chi connectivity index (χ2v) is 6.94. The third-order valence-corrected chi connectivity index (χ3v) is 4.90. The Morgan fingerprint density at radius 3 is 2.38 bits per heavy atom. The molecule has 1 aliphatic rings. The molecule has 3 aromatic rings. The molecule has 1 saturated heterocycles. The van der Waals surface area contributed by atoms with Gasteiger partial charge in [0.25, 0.3) is 16.8 Å². The standard InChI is InChI=1S/C21H19N3O5/c25-13-10-24(11-13)21(29)14-7-4-8-15(18(14)26)23-17-16(19(27)20(17)28)22-9-12-5-2-1-3-6-12/h1-8,13,22-23,25-26H,9-11H2. The second-order valence-electron chi connectivity index (χ2n) is 6.94. The Labute approximate surface area is 165 Å². The Balaban J connectivity index is 1.53. The number of nitrogens with one attached hydrogen (secondary N) is 2. The highest BCUT2D eigenvalue weighted by Crippen LogP contribution is 2.32. The predicted octanol–water partition coefficient (Wildman–Crippen LogP) is 1.16. The number of carbonyl (C=O) groups is 1. The molecule has 0 spiro atoms. The van der Waals surface area contributed by atoms with Crippen molar-refractivity contribution in [3.05, 3.63) is 80.1 Å². The van der Waals surface area contributed by atoms with E-state index in [0.29, 0.717) is 6.54 Å². The van der Waals surface area contributed by atoms with E-state index in [4.69, 9.17) is 0 Å². The van der Waals surface area contributed by atoms with E-state index < -0.39 is 22.9 Å². The van der Waals surface area contributed by atoms with Gasteiger partial charge in [-0.3, -0.25) is 14.4 Å². The number of para-hydroxylation sites is 1. The highest BCUT2D eigenvalue weighted by Gasteiger charge is 2.31. The molecule has 3 aromatic carbocycles. The van der Waals surface area contributed by atoms with Crippen LogP contribution in [0.1, 0.15) is 15.9 Å². The fraction of sp³-hybridized carbons (Fsp3) is 0.190. The predicted molar refractivity (Wildman–Crippen MR) is 108 cm³/mol. The van der Waals surface area contributed by atoms with Crippen molar-refractivity contribution in [2.24, 2.45) is 0 Å². The van der Waals surface area contributed by atoms with E-state index in [1.807, 2.05) is 30.3 Å². The van der Waals surface area contributed by atoms with E-state index in [2.05, 4.69) is 10.6 Å². The minimum Gasteiger partial charge on any atom is -0.505 e. The van der Waals surface area contributed by atoms with Gasteiger partial charge in [-0.25, -0.2) is 0 Å². The molecule has 8 heteroatoms. The van der Waals surface area contributed by atoms with Crippen molar-refractivity contribution < 1.29 is 15.0 Å². The molecule has 0 unspecified atom stereocenters. The number of likely N-dealkylation sites (tertiary alicyclic amines) is 1. The molecule has 1 heterocycles. The monoisotopic (exact) mass is 393 g/mol. The lowest BCUT2D eigenvalue weighted by molar-refractivity contribution is 0.00571. The number of amides is 1. The van der Waals surface area contributed by atoms with Gasteiger partial charge in [0.15, 0.2) is 5.75 Å². The first kappa shape index (κ1) is 18.7. The molecule has 0 atom stereocenters. The van der Waals surface area contributed by atoms with Gasteiger partial charge < -0.3 is 25.7 Å². The number of aliphatic hydroxyl groups is 1. The van der Waals surface area contributed by atoms with E-state index in [1.54, 1.807) is 6.07 Å². The number of benzene rings is 2. The molecule has 0 saturated carbocycles. The Morgan fingerprint density at radius 2 is 1.69 bits per heavy atom. The lowest BCUT2D eigenvalue weighted by Gasteiger charge is -2.36. The fourth-order valence-electron chi connectivity index (χ4n) is 3.21. The number of rotatable bonds is 6. The number of β-amino-alcohol motifs (C(OH)–C–C–N with tert-alkyl or cyclic N) is 1. The van der Waals surface area contributed by atoms with Gasteiger partial charge in [0.1, 0.15) is 11.4 Å². The normalized spacial score (nSPS) is 13.9. The number of aliphatic hydroxyl groups excluding tert-OH is 1. The number of phenols is 1. The number of hydrogen-bond donors (Lipinski definition) is 4. The van der Waals surface area contributed by atoms with E-state index >= 15 is 0 Å². The van der Waals surface area contributed by atoms with Gasteiger partial charge in [0, 0.05) is 19.6 Å². The zero-order valence-corrected chi connectivity index (χ0v) is 15.4. The largest absolute Gasteiger partial charge is 0.505 e. The molecule has 0 aromatic heterocycles. The average Bonchev–Trinajstić information content (AvgIpc) is 2.71. The van der Waals surface area contributed by atoms with Crippen LogP contribution >= 0.6 is 0 Å². The van der Waals surface area contributed by atoms with Crippen LogP contribution in [0.5, 0.6) is 5.75 Å². The van der Waals surface area contributed by atoms with E-state index in [0.717, 1.165) is 5.56 Å². The quantitative estimate of drug-likeness (QED) is 0.367. The lowest BCUT2D eigenvalue weighted by atomic mass is 10.1. The maximum atomic E-state index is 12.4. The van der Waals surface area contributed by atoms with Crippen LogP contribution in [0.2, 0.25) is 0 Å². The summed E-state index contributed by atoms with van der Waals surface area (Å²) in [5.74, 6) is -0.732. The van der Waals surface area contributed by atoms with Crippen molar-refractivity contribution in [2.75, 3.05) is 23.7 Å². The van der Waals surface area contributed by atoms with Gasteiger partial charge in [-0.1, -0.05) is 36.4 Å². The molecular formula is C21H19N3O5. The SMILES string of the molecule is O=C(c1cccc(Nc2c(NCc3ccccc3)c(=O)c2=O)c1O)N1CC(O)C1. The Morgan fingerprint density at radius 1 is 1.00 bits per heavy atom. The highest BCUT2D eigenvalue weighted by molar-refractivity contribution is 5.99. The summed E-state index contributed by atoms with van der Waals surface area (Å²) in [7, 11) is 0. The third-order valence-electron chi connectivity index (χ3n) is 4.90. The molecule has 0 aliphatic carbocycles. The number of phenolic OH excluding ortho intramolecular Hbond substituents is 1. The summed E-state index contributed by atoms with van der Waals surface area (Å²) >= 11 is 0. The molecule has 1 fully saturated rings. The molecule has 4 N–H and O–H groups in total. The van der Waals surface area contributed by atoms with Crippen LogP contribution in [0.25, 0.3) is 0 Å². The summed E-state index contributed by atoms with van der Waals surface area (Å²) in [6.07, 6.45) is -0.551. The average molecular weight is 393 g/mol. The maximum Gasteiger partial charge on any atom is 0.257 e. The van der Waals surface area contributed by atoms with Crippen LogP contribution in [0, 0.1) is 0 Å². The molecule has 0 radical (unpaired) electrons. The first-order chi connectivity index (χ1) is 14.0. The van der Waals surface area contributed by atoms with Crippen LogP contribution in [-0.2, 0) is 6.54 Å². The van der Waals surface area contributed by atoms with E-state index in [-0.39, 0.29) is 41.5 Å². The molecule has 8 nitrogen and oxygen atoms in total.